The lowest BCUT2D eigenvalue weighted by atomic mass is 9.94. The highest BCUT2D eigenvalue weighted by atomic mass is 16.5. The van der Waals surface area contributed by atoms with E-state index in [0.29, 0.717) is 0 Å². The summed E-state index contributed by atoms with van der Waals surface area (Å²) in [5, 5.41) is 0. The number of quaternary nitrogens is 1. The predicted octanol–water partition coefficient (Wildman–Crippen LogP) is 0.0901. The van der Waals surface area contributed by atoms with Gasteiger partial charge >= 0.3 is 0 Å². The largest absolute Gasteiger partial charge is 0.370 e. The molecule has 0 radical (unpaired) electrons. The van der Waals surface area contributed by atoms with E-state index in [0.717, 1.165) is 31.1 Å². The van der Waals surface area contributed by atoms with Crippen molar-refractivity contribution in [3.63, 3.8) is 0 Å². The number of nitrogens with one attached hydrogen (secondary N) is 1. The highest BCUT2D eigenvalue weighted by Gasteiger charge is 2.45. The quantitative estimate of drug-likeness (QED) is 0.607. The molecule has 3 fully saturated rings. The Bertz CT molecular complexity index is 189. The standard InChI is InChI=1S/C11H19NO/c1-2-10-7-9(1)8-11(10)12-3-5-13-6-4-12/h9-11H,1-8H2/p+1/t9-,10+,11+/m0/s1. The van der Waals surface area contributed by atoms with Crippen LogP contribution >= 0.6 is 0 Å². The molecule has 1 heterocycles. The van der Waals surface area contributed by atoms with Crippen LogP contribution in [0.4, 0.5) is 0 Å². The second-order valence-electron chi connectivity index (χ2n) is 5.05. The van der Waals surface area contributed by atoms with Crippen molar-refractivity contribution in [2.24, 2.45) is 11.8 Å². The number of morpholine rings is 1. The van der Waals surface area contributed by atoms with Crippen molar-refractivity contribution in [1.29, 1.82) is 0 Å². The van der Waals surface area contributed by atoms with Gasteiger partial charge in [0, 0.05) is 12.3 Å². The summed E-state index contributed by atoms with van der Waals surface area (Å²) in [6.45, 7) is 4.55. The summed E-state index contributed by atoms with van der Waals surface area (Å²) in [6.07, 6.45) is 6.14. The van der Waals surface area contributed by atoms with Gasteiger partial charge in [-0.1, -0.05) is 0 Å². The van der Waals surface area contributed by atoms with Crippen molar-refractivity contribution < 1.29 is 9.64 Å². The highest BCUT2D eigenvalue weighted by Crippen LogP contribution is 2.43. The van der Waals surface area contributed by atoms with Gasteiger partial charge in [0.25, 0.3) is 0 Å². The number of rotatable bonds is 1. The molecule has 1 saturated heterocycles. The Labute approximate surface area is 80.2 Å². The van der Waals surface area contributed by atoms with E-state index in [1.165, 1.54) is 32.4 Å². The van der Waals surface area contributed by atoms with Crippen LogP contribution < -0.4 is 4.90 Å². The van der Waals surface area contributed by atoms with E-state index in [1.807, 2.05) is 4.90 Å². The fourth-order valence-electron chi connectivity index (χ4n) is 3.75. The van der Waals surface area contributed by atoms with Gasteiger partial charge in [-0.2, -0.15) is 0 Å². The van der Waals surface area contributed by atoms with Gasteiger partial charge in [-0.25, -0.2) is 0 Å². The van der Waals surface area contributed by atoms with Gasteiger partial charge in [-0.15, -0.1) is 0 Å². The first-order chi connectivity index (χ1) is 6.43. The maximum atomic E-state index is 5.42. The monoisotopic (exact) mass is 182 g/mol. The summed E-state index contributed by atoms with van der Waals surface area (Å²) >= 11 is 0. The maximum Gasteiger partial charge on any atom is 0.101 e. The Hall–Kier alpha value is -0.0800. The summed E-state index contributed by atoms with van der Waals surface area (Å²) in [4.78, 5) is 1.86. The Balaban J connectivity index is 1.65. The molecule has 3 rings (SSSR count). The molecule has 3 atom stereocenters. The van der Waals surface area contributed by atoms with E-state index < -0.39 is 0 Å². The minimum Gasteiger partial charge on any atom is -0.370 e. The van der Waals surface area contributed by atoms with Crippen molar-refractivity contribution >= 4 is 0 Å². The molecular formula is C11H20NO+. The number of ether oxygens (including phenoxy) is 1. The van der Waals surface area contributed by atoms with Crippen molar-refractivity contribution in [2.75, 3.05) is 26.3 Å². The molecule has 0 spiro atoms. The summed E-state index contributed by atoms with van der Waals surface area (Å²) in [5.41, 5.74) is 0. The average Bonchev–Trinajstić information content (AvgIpc) is 2.80. The first-order valence-corrected chi connectivity index (χ1v) is 5.86. The van der Waals surface area contributed by atoms with E-state index in [2.05, 4.69) is 0 Å². The molecule has 1 N–H and O–H groups in total. The van der Waals surface area contributed by atoms with Gasteiger partial charge in [0.2, 0.25) is 0 Å². The summed E-state index contributed by atoms with van der Waals surface area (Å²) in [7, 11) is 0. The highest BCUT2D eigenvalue weighted by molar-refractivity contribution is 4.90. The minimum atomic E-state index is 1.00. The minimum absolute atomic E-state index is 1.00. The van der Waals surface area contributed by atoms with Crippen LogP contribution in [0.25, 0.3) is 0 Å². The molecule has 0 aromatic heterocycles. The molecule has 2 heteroatoms. The van der Waals surface area contributed by atoms with Gasteiger partial charge < -0.3 is 9.64 Å². The zero-order chi connectivity index (χ0) is 8.67. The molecule has 3 aliphatic rings. The van der Waals surface area contributed by atoms with Crippen LogP contribution in [0, 0.1) is 11.8 Å². The molecule has 74 valence electrons. The summed E-state index contributed by atoms with van der Waals surface area (Å²) in [6, 6.07) is 1.02. The number of hydrogen-bond donors (Lipinski definition) is 1. The van der Waals surface area contributed by atoms with Gasteiger partial charge in [0.15, 0.2) is 0 Å². The van der Waals surface area contributed by atoms with Crippen LogP contribution in [-0.2, 0) is 4.74 Å². The van der Waals surface area contributed by atoms with Crippen molar-refractivity contribution in [2.45, 2.75) is 31.7 Å². The molecule has 2 bridgehead atoms. The first kappa shape index (κ1) is 8.25. The molecule has 13 heavy (non-hydrogen) atoms. The third-order valence-corrected chi connectivity index (χ3v) is 4.40. The third kappa shape index (κ3) is 1.40. The molecule has 2 nitrogen and oxygen atoms in total. The maximum absolute atomic E-state index is 5.42. The Kier molecular flexibility index (Phi) is 2.06. The Morgan fingerprint density at radius 3 is 2.46 bits per heavy atom. The molecule has 0 aromatic carbocycles. The number of hydrogen-bond acceptors (Lipinski definition) is 1. The Morgan fingerprint density at radius 1 is 1.00 bits per heavy atom. The fraction of sp³-hybridized carbons (Fsp3) is 1.00. The molecule has 0 unspecified atom stereocenters. The van der Waals surface area contributed by atoms with E-state index >= 15 is 0 Å². The first-order valence-electron chi connectivity index (χ1n) is 5.86. The van der Waals surface area contributed by atoms with Crippen molar-refractivity contribution in [3.05, 3.63) is 0 Å². The van der Waals surface area contributed by atoms with Gasteiger partial charge in [0.1, 0.15) is 13.1 Å². The smallest absolute Gasteiger partial charge is 0.101 e. The molecule has 2 saturated carbocycles. The van der Waals surface area contributed by atoms with Gasteiger partial charge in [-0.05, 0) is 25.2 Å². The summed E-state index contributed by atoms with van der Waals surface area (Å²) < 4.78 is 5.42. The zero-order valence-corrected chi connectivity index (χ0v) is 8.30. The second-order valence-corrected chi connectivity index (χ2v) is 5.05. The topological polar surface area (TPSA) is 13.7 Å². The summed E-state index contributed by atoms with van der Waals surface area (Å²) in [5.74, 6) is 2.18. The lowest BCUT2D eigenvalue weighted by molar-refractivity contribution is -0.936. The van der Waals surface area contributed by atoms with Crippen LogP contribution in [0.15, 0.2) is 0 Å². The second kappa shape index (κ2) is 3.25. The third-order valence-electron chi connectivity index (χ3n) is 4.40. The predicted molar refractivity (Wildman–Crippen MR) is 50.8 cm³/mol. The van der Waals surface area contributed by atoms with E-state index in [-0.39, 0.29) is 0 Å². The van der Waals surface area contributed by atoms with Gasteiger partial charge in [0.05, 0.1) is 19.3 Å². The van der Waals surface area contributed by atoms with E-state index in [9.17, 15) is 0 Å². The van der Waals surface area contributed by atoms with Crippen LogP contribution in [0.5, 0.6) is 0 Å². The Morgan fingerprint density at radius 2 is 1.85 bits per heavy atom. The molecule has 2 aliphatic carbocycles. The fourth-order valence-corrected chi connectivity index (χ4v) is 3.75. The van der Waals surface area contributed by atoms with Crippen molar-refractivity contribution in [1.82, 2.24) is 0 Å². The van der Waals surface area contributed by atoms with E-state index in [4.69, 9.17) is 4.74 Å². The lowest BCUT2D eigenvalue weighted by Gasteiger charge is -2.33. The molecule has 0 amide bonds. The normalized spacial score (nSPS) is 45.7. The average molecular weight is 182 g/mol. The van der Waals surface area contributed by atoms with Gasteiger partial charge in [-0.3, -0.25) is 0 Å². The lowest BCUT2D eigenvalue weighted by Crippen LogP contribution is -3.18. The molecule has 0 aromatic rings. The van der Waals surface area contributed by atoms with Crippen molar-refractivity contribution in [3.8, 4) is 0 Å². The van der Waals surface area contributed by atoms with Crippen LogP contribution in [0.1, 0.15) is 25.7 Å². The molecule has 1 aliphatic heterocycles. The van der Waals surface area contributed by atoms with Crippen LogP contribution in [-0.4, -0.2) is 32.3 Å². The van der Waals surface area contributed by atoms with E-state index in [1.54, 1.807) is 6.42 Å². The van der Waals surface area contributed by atoms with Crippen LogP contribution in [0.3, 0.4) is 0 Å². The SMILES string of the molecule is C1C[NH+]([C@@H]2C[C@H]3CC[C@@H]2C3)CCO1. The molecular weight excluding hydrogens is 162 g/mol. The van der Waals surface area contributed by atoms with Crippen LogP contribution in [0.2, 0.25) is 0 Å². The zero-order valence-electron chi connectivity index (χ0n) is 8.30. The number of fused-ring (bicyclic) bond motifs is 2.